The lowest BCUT2D eigenvalue weighted by Gasteiger charge is -2.23. The Morgan fingerprint density at radius 3 is 3.08 bits per heavy atom. The van der Waals surface area contributed by atoms with Crippen molar-refractivity contribution in [2.45, 2.75) is 6.04 Å². The van der Waals surface area contributed by atoms with Crippen LogP contribution >= 0.6 is 0 Å². The lowest BCUT2D eigenvalue weighted by molar-refractivity contribution is 0.0756. The minimum atomic E-state index is 0.161. The van der Waals surface area contributed by atoms with Crippen LogP contribution in [0.3, 0.4) is 0 Å². The van der Waals surface area contributed by atoms with Crippen LogP contribution in [0, 0.1) is 0 Å². The van der Waals surface area contributed by atoms with Crippen molar-refractivity contribution in [3.05, 3.63) is 24.0 Å². The minimum absolute atomic E-state index is 0.161. The van der Waals surface area contributed by atoms with Crippen molar-refractivity contribution in [2.24, 2.45) is 0 Å². The van der Waals surface area contributed by atoms with Crippen LogP contribution in [0.2, 0.25) is 0 Å². The van der Waals surface area contributed by atoms with Crippen LogP contribution in [-0.4, -0.2) is 29.8 Å². The molecule has 4 heteroatoms. The van der Waals surface area contributed by atoms with E-state index in [0.29, 0.717) is 6.61 Å². The number of pyridine rings is 1. The highest BCUT2D eigenvalue weighted by molar-refractivity contribution is 5.20. The standard InChI is InChI=1S/C9H12N2O2/c12-7-1-2-8(11-5-7)9-6-13-4-3-10-9/h1-2,5,9-10,12H,3-4,6H2/t9-/m1/s1. The lowest BCUT2D eigenvalue weighted by atomic mass is 10.2. The van der Waals surface area contributed by atoms with E-state index >= 15 is 0 Å². The summed E-state index contributed by atoms with van der Waals surface area (Å²) in [5.41, 5.74) is 0.914. The Labute approximate surface area is 76.6 Å². The molecule has 0 unspecified atom stereocenters. The molecule has 0 spiro atoms. The van der Waals surface area contributed by atoms with Gasteiger partial charge in [-0.2, -0.15) is 0 Å². The van der Waals surface area contributed by atoms with Crippen molar-refractivity contribution in [3.8, 4) is 5.75 Å². The van der Waals surface area contributed by atoms with Gasteiger partial charge in [0.05, 0.1) is 31.1 Å². The second-order valence-electron chi connectivity index (χ2n) is 3.02. The average Bonchev–Trinajstić information content (AvgIpc) is 2.20. The zero-order valence-electron chi connectivity index (χ0n) is 7.23. The summed E-state index contributed by atoms with van der Waals surface area (Å²) in [5.74, 6) is 0.195. The molecule has 0 aliphatic carbocycles. The molecule has 0 bridgehead atoms. The van der Waals surface area contributed by atoms with Crippen LogP contribution in [0.15, 0.2) is 18.3 Å². The van der Waals surface area contributed by atoms with Gasteiger partial charge in [0.25, 0.3) is 0 Å². The van der Waals surface area contributed by atoms with Gasteiger partial charge in [0.1, 0.15) is 5.75 Å². The zero-order valence-corrected chi connectivity index (χ0v) is 7.23. The number of nitrogens with one attached hydrogen (secondary N) is 1. The first-order valence-electron chi connectivity index (χ1n) is 4.32. The van der Waals surface area contributed by atoms with Crippen LogP contribution in [-0.2, 0) is 4.74 Å². The molecule has 70 valence electrons. The maximum absolute atomic E-state index is 9.04. The van der Waals surface area contributed by atoms with E-state index in [1.807, 2.05) is 6.07 Å². The molecule has 0 radical (unpaired) electrons. The highest BCUT2D eigenvalue weighted by Crippen LogP contribution is 2.15. The Bertz CT molecular complexity index is 267. The van der Waals surface area contributed by atoms with E-state index in [1.54, 1.807) is 6.07 Å². The Morgan fingerprint density at radius 2 is 2.46 bits per heavy atom. The van der Waals surface area contributed by atoms with Crippen molar-refractivity contribution in [1.82, 2.24) is 10.3 Å². The fourth-order valence-electron chi connectivity index (χ4n) is 1.36. The fourth-order valence-corrected chi connectivity index (χ4v) is 1.36. The van der Waals surface area contributed by atoms with Gasteiger partial charge in [-0.3, -0.25) is 4.98 Å². The van der Waals surface area contributed by atoms with Gasteiger partial charge in [0.2, 0.25) is 0 Å². The summed E-state index contributed by atoms with van der Waals surface area (Å²) < 4.78 is 5.30. The molecular weight excluding hydrogens is 168 g/mol. The van der Waals surface area contributed by atoms with E-state index in [9.17, 15) is 0 Å². The normalized spacial score (nSPS) is 22.9. The third-order valence-electron chi connectivity index (χ3n) is 2.05. The van der Waals surface area contributed by atoms with Crippen molar-refractivity contribution in [1.29, 1.82) is 0 Å². The average molecular weight is 180 g/mol. The van der Waals surface area contributed by atoms with Crippen LogP contribution < -0.4 is 5.32 Å². The van der Waals surface area contributed by atoms with E-state index in [1.165, 1.54) is 6.20 Å². The van der Waals surface area contributed by atoms with Crippen LogP contribution in [0.4, 0.5) is 0 Å². The van der Waals surface area contributed by atoms with Crippen molar-refractivity contribution < 1.29 is 9.84 Å². The quantitative estimate of drug-likeness (QED) is 0.658. The molecule has 1 aromatic heterocycles. The van der Waals surface area contributed by atoms with E-state index in [4.69, 9.17) is 9.84 Å². The molecule has 1 aliphatic heterocycles. The second kappa shape index (κ2) is 3.72. The number of aromatic hydroxyl groups is 1. The molecule has 1 aliphatic rings. The molecule has 4 nitrogen and oxygen atoms in total. The number of hydrogen-bond acceptors (Lipinski definition) is 4. The molecular formula is C9H12N2O2. The van der Waals surface area contributed by atoms with E-state index in [2.05, 4.69) is 10.3 Å². The maximum Gasteiger partial charge on any atom is 0.133 e. The van der Waals surface area contributed by atoms with Gasteiger partial charge in [-0.1, -0.05) is 0 Å². The Kier molecular flexibility index (Phi) is 2.42. The van der Waals surface area contributed by atoms with Crippen LogP contribution in [0.5, 0.6) is 5.75 Å². The lowest BCUT2D eigenvalue weighted by Crippen LogP contribution is -2.34. The van der Waals surface area contributed by atoms with Gasteiger partial charge >= 0.3 is 0 Å². The number of ether oxygens (including phenoxy) is 1. The van der Waals surface area contributed by atoms with E-state index < -0.39 is 0 Å². The minimum Gasteiger partial charge on any atom is -0.506 e. The Morgan fingerprint density at radius 1 is 1.54 bits per heavy atom. The fraction of sp³-hybridized carbons (Fsp3) is 0.444. The Balaban J connectivity index is 2.10. The largest absolute Gasteiger partial charge is 0.506 e. The van der Waals surface area contributed by atoms with Gasteiger partial charge < -0.3 is 15.2 Å². The molecule has 1 saturated heterocycles. The molecule has 0 aromatic carbocycles. The molecule has 0 amide bonds. The third kappa shape index (κ3) is 1.96. The van der Waals surface area contributed by atoms with Gasteiger partial charge in [-0.15, -0.1) is 0 Å². The van der Waals surface area contributed by atoms with Gasteiger partial charge in [-0.25, -0.2) is 0 Å². The first kappa shape index (κ1) is 8.47. The third-order valence-corrected chi connectivity index (χ3v) is 2.05. The molecule has 2 N–H and O–H groups in total. The van der Waals surface area contributed by atoms with Gasteiger partial charge in [-0.05, 0) is 12.1 Å². The number of hydrogen-bond donors (Lipinski definition) is 2. The summed E-state index contributed by atoms with van der Waals surface area (Å²) in [7, 11) is 0. The highest BCUT2D eigenvalue weighted by Gasteiger charge is 2.15. The van der Waals surface area contributed by atoms with Crippen LogP contribution in [0.1, 0.15) is 11.7 Å². The molecule has 13 heavy (non-hydrogen) atoms. The predicted octanol–water partition coefficient (Wildman–Crippen LogP) is 0.448. The van der Waals surface area contributed by atoms with Crippen molar-refractivity contribution >= 4 is 0 Å². The topological polar surface area (TPSA) is 54.4 Å². The highest BCUT2D eigenvalue weighted by atomic mass is 16.5. The van der Waals surface area contributed by atoms with Crippen LogP contribution in [0.25, 0.3) is 0 Å². The number of aromatic nitrogens is 1. The SMILES string of the molecule is Oc1ccc([C@H]2COCCN2)nc1. The molecule has 2 heterocycles. The molecule has 0 saturated carbocycles. The number of rotatable bonds is 1. The summed E-state index contributed by atoms with van der Waals surface area (Å²) in [6.07, 6.45) is 1.45. The van der Waals surface area contributed by atoms with Gasteiger partial charge in [0, 0.05) is 6.54 Å². The Hall–Kier alpha value is -1.13. The molecule has 1 atom stereocenters. The van der Waals surface area contributed by atoms with Gasteiger partial charge in [0.15, 0.2) is 0 Å². The summed E-state index contributed by atoms with van der Waals surface area (Å²) in [6.45, 7) is 2.26. The monoisotopic (exact) mass is 180 g/mol. The first-order chi connectivity index (χ1) is 6.36. The summed E-state index contributed by atoms with van der Waals surface area (Å²) in [4.78, 5) is 4.11. The molecule has 1 fully saturated rings. The molecule has 1 aromatic rings. The van der Waals surface area contributed by atoms with Crippen molar-refractivity contribution in [2.75, 3.05) is 19.8 Å². The predicted molar refractivity (Wildman–Crippen MR) is 47.5 cm³/mol. The smallest absolute Gasteiger partial charge is 0.133 e. The first-order valence-corrected chi connectivity index (χ1v) is 4.32. The zero-order chi connectivity index (χ0) is 9.10. The maximum atomic E-state index is 9.04. The summed E-state index contributed by atoms with van der Waals surface area (Å²) in [6, 6.07) is 3.61. The second-order valence-corrected chi connectivity index (χ2v) is 3.02. The number of morpholine rings is 1. The molecule has 2 rings (SSSR count). The summed E-state index contributed by atoms with van der Waals surface area (Å²) >= 11 is 0. The van der Waals surface area contributed by atoms with E-state index in [-0.39, 0.29) is 11.8 Å². The number of nitrogens with zero attached hydrogens (tertiary/aromatic N) is 1. The van der Waals surface area contributed by atoms with Crippen molar-refractivity contribution in [3.63, 3.8) is 0 Å². The van der Waals surface area contributed by atoms with E-state index in [0.717, 1.165) is 18.8 Å². The summed E-state index contributed by atoms with van der Waals surface area (Å²) in [5, 5.41) is 12.3.